The van der Waals surface area contributed by atoms with Gasteiger partial charge in [-0.3, -0.25) is 0 Å². The van der Waals surface area contributed by atoms with Crippen LogP contribution in [-0.2, 0) is 12.5 Å². The molecule has 0 fully saturated rings. The zero-order valence-electron chi connectivity index (χ0n) is 10.8. The van der Waals surface area contributed by atoms with Crippen LogP contribution in [0.15, 0.2) is 24.3 Å². The Morgan fingerprint density at radius 3 is 2.09 bits per heavy atom. The Morgan fingerprint density at radius 2 is 1.59 bits per heavy atom. The van der Waals surface area contributed by atoms with Crippen LogP contribution >= 0.6 is 0 Å². The van der Waals surface area contributed by atoms with Gasteiger partial charge in [-0.1, -0.05) is 18.2 Å². The van der Waals surface area contributed by atoms with Crippen molar-refractivity contribution in [2.45, 2.75) is 30.9 Å². The van der Waals surface area contributed by atoms with E-state index in [1.165, 1.54) is 6.07 Å². The molecule has 0 aliphatic rings. The summed E-state index contributed by atoms with van der Waals surface area (Å²) in [7, 11) is 0. The highest BCUT2D eigenvalue weighted by Gasteiger charge is 2.58. The molecule has 0 amide bonds. The molecule has 0 aliphatic carbocycles. The van der Waals surface area contributed by atoms with Crippen molar-refractivity contribution >= 4 is 0 Å². The molecular formula is C12H11F8NO. The quantitative estimate of drug-likeness (QED) is 0.808. The monoisotopic (exact) mass is 337 g/mol. The van der Waals surface area contributed by atoms with E-state index < -0.39 is 43.0 Å². The van der Waals surface area contributed by atoms with Crippen molar-refractivity contribution in [3.05, 3.63) is 35.4 Å². The number of alkyl halides is 8. The van der Waals surface area contributed by atoms with Gasteiger partial charge in [-0.15, -0.1) is 0 Å². The zero-order chi connectivity index (χ0) is 17.2. The fourth-order valence-corrected chi connectivity index (χ4v) is 1.51. The van der Waals surface area contributed by atoms with Gasteiger partial charge in [0.2, 0.25) is 0 Å². The van der Waals surface area contributed by atoms with Crippen molar-refractivity contribution in [1.82, 2.24) is 5.32 Å². The van der Waals surface area contributed by atoms with Crippen molar-refractivity contribution in [1.29, 1.82) is 0 Å². The Balaban J connectivity index is 2.74. The van der Waals surface area contributed by atoms with Gasteiger partial charge < -0.3 is 10.4 Å². The average molecular weight is 337 g/mol. The number of rotatable bonds is 5. The molecule has 0 heterocycles. The lowest BCUT2D eigenvalue weighted by Crippen LogP contribution is -2.38. The normalized spacial score (nSPS) is 15.0. The molecule has 1 aromatic carbocycles. The van der Waals surface area contributed by atoms with Crippen molar-refractivity contribution in [2.75, 3.05) is 6.54 Å². The molecule has 0 saturated carbocycles. The van der Waals surface area contributed by atoms with Crippen LogP contribution in [0, 0.1) is 0 Å². The molecule has 2 N–H and O–H groups in total. The van der Waals surface area contributed by atoms with Crippen LogP contribution in [0.4, 0.5) is 35.1 Å². The van der Waals surface area contributed by atoms with Crippen molar-refractivity contribution < 1.29 is 40.2 Å². The summed E-state index contributed by atoms with van der Waals surface area (Å²) in [4.78, 5) is 0. The first kappa shape index (κ1) is 18.6. The topological polar surface area (TPSA) is 32.3 Å². The summed E-state index contributed by atoms with van der Waals surface area (Å²) in [5, 5.41) is 10.8. The van der Waals surface area contributed by atoms with Crippen LogP contribution in [0.1, 0.15) is 11.1 Å². The van der Waals surface area contributed by atoms with Crippen LogP contribution in [0.25, 0.3) is 0 Å². The smallest absolute Gasteiger partial charge is 0.382 e. The summed E-state index contributed by atoms with van der Waals surface area (Å²) in [6.45, 7) is -1.32. The predicted molar refractivity (Wildman–Crippen MR) is 60.2 cm³/mol. The molecule has 0 bridgehead atoms. The number of nitrogens with one attached hydrogen (secondary N) is 1. The summed E-state index contributed by atoms with van der Waals surface area (Å²) >= 11 is 0. The first-order chi connectivity index (χ1) is 9.85. The molecule has 1 rings (SSSR count). The minimum Gasteiger partial charge on any atom is -0.382 e. The minimum atomic E-state index is -5.77. The number of benzene rings is 1. The van der Waals surface area contributed by atoms with E-state index in [-0.39, 0.29) is 5.56 Å². The van der Waals surface area contributed by atoms with E-state index in [0.29, 0.717) is 12.1 Å². The van der Waals surface area contributed by atoms with E-state index >= 15 is 0 Å². The Labute approximate surface area is 119 Å². The summed E-state index contributed by atoms with van der Waals surface area (Å²) in [6, 6.07) is 3.22. The van der Waals surface area contributed by atoms with Gasteiger partial charge in [-0.25, -0.2) is 0 Å². The Kier molecular flexibility index (Phi) is 5.39. The molecule has 126 valence electrons. The van der Waals surface area contributed by atoms with Gasteiger partial charge in [0.25, 0.3) is 0 Å². The van der Waals surface area contributed by atoms with Gasteiger partial charge in [-0.2, -0.15) is 35.1 Å². The second kappa shape index (κ2) is 6.37. The lowest BCUT2D eigenvalue weighted by molar-refractivity contribution is -0.289. The molecule has 0 aromatic heterocycles. The molecule has 1 aromatic rings. The number of hydrogen-bond acceptors (Lipinski definition) is 2. The van der Waals surface area contributed by atoms with Crippen molar-refractivity contribution in [2.24, 2.45) is 0 Å². The molecule has 1 unspecified atom stereocenters. The van der Waals surface area contributed by atoms with Gasteiger partial charge >= 0.3 is 18.3 Å². The maximum atomic E-state index is 13.1. The Bertz CT molecular complexity index is 497. The highest BCUT2D eigenvalue weighted by molar-refractivity contribution is 5.28. The third-order valence-electron chi connectivity index (χ3n) is 2.69. The van der Waals surface area contributed by atoms with Crippen LogP contribution in [0.2, 0.25) is 0 Å². The van der Waals surface area contributed by atoms with Gasteiger partial charge in [0.15, 0.2) is 6.10 Å². The number of aliphatic hydroxyl groups excluding tert-OH is 1. The molecule has 22 heavy (non-hydrogen) atoms. The van der Waals surface area contributed by atoms with E-state index in [9.17, 15) is 35.1 Å². The van der Waals surface area contributed by atoms with Crippen LogP contribution < -0.4 is 5.32 Å². The third-order valence-corrected chi connectivity index (χ3v) is 2.69. The molecule has 10 heteroatoms. The van der Waals surface area contributed by atoms with E-state index in [1.807, 2.05) is 0 Å². The number of aliphatic hydroxyl groups is 1. The second-order valence-corrected chi connectivity index (χ2v) is 4.46. The fraction of sp³-hybridized carbons (Fsp3) is 0.500. The maximum absolute atomic E-state index is 13.1. The zero-order valence-corrected chi connectivity index (χ0v) is 10.8. The van der Waals surface area contributed by atoms with Crippen LogP contribution in [0.5, 0.6) is 0 Å². The molecule has 0 spiro atoms. The maximum Gasteiger partial charge on any atom is 0.458 e. The van der Waals surface area contributed by atoms with Crippen molar-refractivity contribution in [3.8, 4) is 0 Å². The summed E-state index contributed by atoms with van der Waals surface area (Å²) in [6.07, 6.45) is -13.3. The van der Waals surface area contributed by atoms with Crippen molar-refractivity contribution in [3.63, 3.8) is 0 Å². The van der Waals surface area contributed by atoms with E-state index in [2.05, 4.69) is 5.32 Å². The van der Waals surface area contributed by atoms with Gasteiger partial charge in [-0.05, 0) is 11.6 Å². The third kappa shape index (κ3) is 4.54. The first-order valence-electron chi connectivity index (χ1n) is 5.85. The first-order valence-corrected chi connectivity index (χ1v) is 5.85. The lowest BCUT2D eigenvalue weighted by Gasteiger charge is -2.20. The molecule has 1 atom stereocenters. The fourth-order valence-electron chi connectivity index (χ4n) is 1.51. The second-order valence-electron chi connectivity index (χ2n) is 4.46. The molecule has 0 saturated heterocycles. The largest absolute Gasteiger partial charge is 0.458 e. The summed E-state index contributed by atoms with van der Waals surface area (Å²) in [5.41, 5.74) is -1.38. The number of hydrogen-bond donors (Lipinski definition) is 2. The van der Waals surface area contributed by atoms with Crippen LogP contribution in [0.3, 0.4) is 0 Å². The standard InChI is InChI=1S/C12H11F8NO/c13-10(14,12(18,19)20)8-3-1-2-7(4-8)5-21-6-9(22)11(15,16)17/h1-4,9,21-22H,5-6H2. The molecule has 2 nitrogen and oxygen atoms in total. The Morgan fingerprint density at radius 1 is 1.00 bits per heavy atom. The van der Waals surface area contributed by atoms with Gasteiger partial charge in [0.1, 0.15) is 0 Å². The lowest BCUT2D eigenvalue weighted by atomic mass is 10.0. The van der Waals surface area contributed by atoms with Gasteiger partial charge in [0.05, 0.1) is 0 Å². The summed E-state index contributed by atoms with van der Waals surface area (Å²) < 4.78 is 98.9. The SMILES string of the molecule is OC(CNCc1cccc(C(F)(F)C(F)(F)F)c1)C(F)(F)F. The average Bonchev–Trinajstić information content (AvgIpc) is 2.36. The van der Waals surface area contributed by atoms with E-state index in [0.717, 1.165) is 6.07 Å². The Hall–Kier alpha value is -1.42. The van der Waals surface area contributed by atoms with Gasteiger partial charge in [0, 0.05) is 18.7 Å². The summed E-state index contributed by atoms with van der Waals surface area (Å²) in [5.74, 6) is -5.06. The molecular weight excluding hydrogens is 326 g/mol. The van der Waals surface area contributed by atoms with Crippen LogP contribution in [-0.4, -0.2) is 30.1 Å². The van der Waals surface area contributed by atoms with E-state index in [1.54, 1.807) is 0 Å². The van der Waals surface area contributed by atoms with E-state index in [4.69, 9.17) is 5.11 Å². The minimum absolute atomic E-state index is 0.0733. The highest BCUT2D eigenvalue weighted by atomic mass is 19.4. The number of halogens is 8. The highest BCUT2D eigenvalue weighted by Crippen LogP contribution is 2.43. The predicted octanol–water partition coefficient (Wildman–Crippen LogP) is 3.35. The molecule has 0 aliphatic heterocycles. The molecule has 0 radical (unpaired) electrons.